The number of nitrogens with zero attached hydrogens (tertiary/aromatic N) is 1. The van der Waals surface area contributed by atoms with Gasteiger partial charge in [0.15, 0.2) is 0 Å². The number of rotatable bonds is 4. The first-order valence-electron chi connectivity index (χ1n) is 6.28. The van der Waals surface area contributed by atoms with Crippen LogP contribution in [0.4, 0.5) is 5.69 Å². The molecule has 21 heavy (non-hydrogen) atoms. The quantitative estimate of drug-likeness (QED) is 0.544. The summed E-state index contributed by atoms with van der Waals surface area (Å²) in [6.07, 6.45) is 0. The Morgan fingerprint density at radius 1 is 1.19 bits per heavy atom. The number of hydrogen-bond acceptors (Lipinski definition) is 4. The molecule has 0 bridgehead atoms. The minimum Gasteiger partial charge on any atom is -0.486 e. The van der Waals surface area contributed by atoms with Gasteiger partial charge in [0.05, 0.1) is 10.2 Å². The molecule has 1 heterocycles. The van der Waals surface area contributed by atoms with Gasteiger partial charge in [0.25, 0.3) is 0 Å². The van der Waals surface area contributed by atoms with Crippen molar-refractivity contribution < 1.29 is 4.74 Å². The van der Waals surface area contributed by atoms with Gasteiger partial charge < -0.3 is 10.1 Å². The lowest BCUT2D eigenvalue weighted by molar-refractivity contribution is 0.306. The second-order valence-corrected chi connectivity index (χ2v) is 6.59. The van der Waals surface area contributed by atoms with Crippen molar-refractivity contribution in [2.45, 2.75) is 6.61 Å². The smallest absolute Gasteiger partial charge is 0.140 e. The number of ether oxygens (including phenoxy) is 1. The van der Waals surface area contributed by atoms with Gasteiger partial charge in [-0.05, 0) is 36.4 Å². The minimum absolute atomic E-state index is 0.443. The standard InChI is InChI=1S/C15H12N2OS3/c19-15(20)16-10-5-7-11(8-6-10)18-9-14-17-12-3-1-2-4-13(12)21-14/h1-8H,9H2,(H2,16,19,20). The first-order valence-corrected chi connectivity index (χ1v) is 7.95. The molecule has 106 valence electrons. The summed E-state index contributed by atoms with van der Waals surface area (Å²) in [4.78, 5) is 4.54. The summed E-state index contributed by atoms with van der Waals surface area (Å²) in [6, 6.07) is 15.7. The Morgan fingerprint density at radius 3 is 2.67 bits per heavy atom. The van der Waals surface area contributed by atoms with Crippen molar-refractivity contribution in [1.82, 2.24) is 4.98 Å². The van der Waals surface area contributed by atoms with E-state index in [1.54, 1.807) is 11.3 Å². The first-order chi connectivity index (χ1) is 10.2. The van der Waals surface area contributed by atoms with Crippen LogP contribution in [-0.2, 0) is 6.61 Å². The van der Waals surface area contributed by atoms with Crippen molar-refractivity contribution in [3.05, 3.63) is 53.5 Å². The molecule has 0 saturated heterocycles. The molecule has 0 spiro atoms. The Hall–Kier alpha value is -1.63. The predicted octanol–water partition coefficient (Wildman–Crippen LogP) is 4.50. The maximum absolute atomic E-state index is 5.75. The molecule has 0 aliphatic heterocycles. The fraction of sp³-hybridized carbons (Fsp3) is 0.0667. The summed E-state index contributed by atoms with van der Waals surface area (Å²) in [5.74, 6) is 0.796. The van der Waals surface area contributed by atoms with Crippen LogP contribution in [0.5, 0.6) is 5.75 Å². The van der Waals surface area contributed by atoms with Gasteiger partial charge in [-0.3, -0.25) is 0 Å². The molecule has 0 atom stereocenters. The van der Waals surface area contributed by atoms with Crippen molar-refractivity contribution in [2.75, 3.05) is 5.32 Å². The zero-order valence-electron chi connectivity index (χ0n) is 10.9. The zero-order chi connectivity index (χ0) is 14.7. The third-order valence-corrected chi connectivity index (χ3v) is 4.03. The Morgan fingerprint density at radius 2 is 1.95 bits per heavy atom. The molecule has 0 aliphatic rings. The van der Waals surface area contributed by atoms with Crippen LogP contribution in [0.1, 0.15) is 5.01 Å². The van der Waals surface area contributed by atoms with Crippen LogP contribution >= 0.6 is 36.2 Å². The number of thiocarbonyl (C=S) groups is 1. The van der Waals surface area contributed by atoms with Gasteiger partial charge in [0, 0.05) is 5.69 Å². The van der Waals surface area contributed by atoms with Gasteiger partial charge in [-0.1, -0.05) is 24.4 Å². The van der Waals surface area contributed by atoms with Crippen LogP contribution in [0.25, 0.3) is 10.2 Å². The van der Waals surface area contributed by atoms with Crippen LogP contribution in [-0.4, -0.2) is 9.30 Å². The number of aromatic nitrogens is 1. The van der Waals surface area contributed by atoms with Gasteiger partial charge in [-0.15, -0.1) is 24.0 Å². The molecule has 3 aromatic rings. The molecule has 1 N–H and O–H groups in total. The topological polar surface area (TPSA) is 34.1 Å². The molecule has 3 rings (SSSR count). The molecule has 2 aromatic carbocycles. The number of thiol groups is 1. The van der Waals surface area contributed by atoms with E-state index in [4.69, 9.17) is 17.0 Å². The largest absolute Gasteiger partial charge is 0.486 e. The summed E-state index contributed by atoms with van der Waals surface area (Å²) in [5, 5.41) is 3.92. The highest BCUT2D eigenvalue weighted by atomic mass is 32.1. The number of fused-ring (bicyclic) bond motifs is 1. The lowest BCUT2D eigenvalue weighted by atomic mass is 10.3. The molecule has 3 nitrogen and oxygen atoms in total. The maximum Gasteiger partial charge on any atom is 0.140 e. The van der Waals surface area contributed by atoms with Crippen LogP contribution in [0.3, 0.4) is 0 Å². The SMILES string of the molecule is S=C(S)Nc1ccc(OCc2nc3ccccc3s2)cc1. The summed E-state index contributed by atoms with van der Waals surface area (Å²) < 4.78 is 7.37. The number of hydrogen-bond donors (Lipinski definition) is 2. The summed E-state index contributed by atoms with van der Waals surface area (Å²) in [5.41, 5.74) is 1.91. The first kappa shape index (κ1) is 14.3. The van der Waals surface area contributed by atoms with Gasteiger partial charge in [0.1, 0.15) is 21.7 Å². The molecular formula is C15H12N2OS3. The number of para-hydroxylation sites is 1. The average Bonchev–Trinajstić information content (AvgIpc) is 2.89. The normalized spacial score (nSPS) is 10.5. The molecule has 6 heteroatoms. The Bertz CT molecular complexity index is 735. The Balaban J connectivity index is 1.65. The lowest BCUT2D eigenvalue weighted by Crippen LogP contribution is -2.00. The third-order valence-electron chi connectivity index (χ3n) is 2.81. The molecule has 0 unspecified atom stereocenters. The Kier molecular flexibility index (Phi) is 4.38. The second kappa shape index (κ2) is 6.43. The van der Waals surface area contributed by atoms with Gasteiger partial charge in [0.2, 0.25) is 0 Å². The van der Waals surface area contributed by atoms with E-state index < -0.39 is 0 Å². The van der Waals surface area contributed by atoms with E-state index in [0.717, 1.165) is 22.0 Å². The molecule has 0 fully saturated rings. The maximum atomic E-state index is 5.75. The van der Waals surface area contributed by atoms with Crippen molar-refractivity contribution in [3.8, 4) is 5.75 Å². The predicted molar refractivity (Wildman–Crippen MR) is 95.6 cm³/mol. The third kappa shape index (κ3) is 3.72. The molecule has 1 aromatic heterocycles. The van der Waals surface area contributed by atoms with E-state index in [2.05, 4.69) is 29.0 Å². The lowest BCUT2D eigenvalue weighted by Gasteiger charge is -2.06. The van der Waals surface area contributed by atoms with Crippen molar-refractivity contribution in [1.29, 1.82) is 0 Å². The number of anilines is 1. The molecule has 0 radical (unpaired) electrons. The van der Waals surface area contributed by atoms with E-state index in [1.807, 2.05) is 42.5 Å². The summed E-state index contributed by atoms with van der Waals surface area (Å²) in [7, 11) is 0. The van der Waals surface area contributed by atoms with E-state index in [0.29, 0.717) is 10.9 Å². The molecule has 0 saturated carbocycles. The van der Waals surface area contributed by atoms with Crippen LogP contribution in [0.2, 0.25) is 0 Å². The van der Waals surface area contributed by atoms with Crippen LogP contribution in [0.15, 0.2) is 48.5 Å². The highest BCUT2D eigenvalue weighted by Gasteiger charge is 2.04. The second-order valence-electron chi connectivity index (χ2n) is 4.32. The van der Waals surface area contributed by atoms with Crippen molar-refractivity contribution in [3.63, 3.8) is 0 Å². The average molecular weight is 332 g/mol. The number of benzene rings is 2. The van der Waals surface area contributed by atoms with E-state index in [1.165, 1.54) is 4.70 Å². The van der Waals surface area contributed by atoms with Gasteiger partial charge >= 0.3 is 0 Å². The number of thiazole rings is 1. The van der Waals surface area contributed by atoms with E-state index >= 15 is 0 Å². The van der Waals surface area contributed by atoms with Gasteiger partial charge in [-0.25, -0.2) is 4.98 Å². The Labute approximate surface area is 137 Å². The van der Waals surface area contributed by atoms with E-state index in [9.17, 15) is 0 Å². The van der Waals surface area contributed by atoms with Crippen LogP contribution in [0, 0.1) is 0 Å². The van der Waals surface area contributed by atoms with Gasteiger partial charge in [-0.2, -0.15) is 0 Å². The highest BCUT2D eigenvalue weighted by molar-refractivity contribution is 8.11. The monoisotopic (exact) mass is 332 g/mol. The minimum atomic E-state index is 0.443. The van der Waals surface area contributed by atoms with Crippen LogP contribution < -0.4 is 10.1 Å². The summed E-state index contributed by atoms with van der Waals surface area (Å²) in [6.45, 7) is 0.469. The van der Waals surface area contributed by atoms with Crippen molar-refractivity contribution >= 4 is 56.4 Å². The summed E-state index contributed by atoms with van der Waals surface area (Å²) >= 11 is 10.6. The number of nitrogens with one attached hydrogen (secondary N) is 1. The fourth-order valence-electron chi connectivity index (χ4n) is 1.88. The highest BCUT2D eigenvalue weighted by Crippen LogP contribution is 2.23. The molecule has 0 aliphatic carbocycles. The molecular weight excluding hydrogens is 320 g/mol. The fourth-order valence-corrected chi connectivity index (χ4v) is 3.01. The zero-order valence-corrected chi connectivity index (χ0v) is 13.5. The molecule has 0 amide bonds. The van der Waals surface area contributed by atoms with Crippen molar-refractivity contribution in [2.24, 2.45) is 0 Å². The van der Waals surface area contributed by atoms with E-state index in [-0.39, 0.29) is 0 Å².